The summed E-state index contributed by atoms with van der Waals surface area (Å²) in [5.74, 6) is 1.75. The monoisotopic (exact) mass is 253 g/mol. The van der Waals surface area contributed by atoms with Gasteiger partial charge in [0.25, 0.3) is 0 Å². The number of hydrogen-bond acceptors (Lipinski definition) is 3. The highest BCUT2D eigenvalue weighted by molar-refractivity contribution is 5.48. The molecule has 0 saturated carbocycles. The molecular weight excluding hydrogens is 240 g/mol. The van der Waals surface area contributed by atoms with Gasteiger partial charge in [0, 0.05) is 11.8 Å². The maximum Gasteiger partial charge on any atom is 0.387 e. The van der Waals surface area contributed by atoms with E-state index >= 15 is 0 Å². The standard InChI is InChI=1S/C13H13F2NO2/c1-9-5-6-12(17-9)8-16-10-3-2-4-11(7-10)18-13(14)15/h2-7,13,16H,8H2,1H3. The van der Waals surface area contributed by atoms with Gasteiger partial charge in [-0.3, -0.25) is 0 Å². The predicted molar refractivity (Wildman–Crippen MR) is 63.8 cm³/mol. The van der Waals surface area contributed by atoms with E-state index in [1.165, 1.54) is 12.1 Å². The zero-order chi connectivity index (χ0) is 13.0. The summed E-state index contributed by atoms with van der Waals surface area (Å²) < 4.78 is 33.8. The fraction of sp³-hybridized carbons (Fsp3) is 0.231. The first-order valence-electron chi connectivity index (χ1n) is 5.47. The topological polar surface area (TPSA) is 34.4 Å². The first-order valence-corrected chi connectivity index (χ1v) is 5.47. The van der Waals surface area contributed by atoms with Crippen molar-refractivity contribution in [3.8, 4) is 5.75 Å². The lowest BCUT2D eigenvalue weighted by Gasteiger charge is -2.08. The number of alkyl halides is 2. The van der Waals surface area contributed by atoms with Crippen LogP contribution in [0.3, 0.4) is 0 Å². The lowest BCUT2D eigenvalue weighted by molar-refractivity contribution is -0.0498. The molecule has 0 aliphatic rings. The second-order valence-electron chi connectivity index (χ2n) is 3.77. The Balaban J connectivity index is 1.96. The van der Waals surface area contributed by atoms with Crippen molar-refractivity contribution < 1.29 is 17.9 Å². The van der Waals surface area contributed by atoms with Crippen LogP contribution in [0.5, 0.6) is 5.75 Å². The van der Waals surface area contributed by atoms with E-state index in [0.717, 1.165) is 11.5 Å². The van der Waals surface area contributed by atoms with Crippen LogP contribution in [0.15, 0.2) is 40.8 Å². The lowest BCUT2D eigenvalue weighted by atomic mass is 10.3. The normalized spacial score (nSPS) is 10.7. The molecule has 0 atom stereocenters. The third-order valence-corrected chi connectivity index (χ3v) is 2.32. The average Bonchev–Trinajstić information content (AvgIpc) is 2.72. The van der Waals surface area contributed by atoms with Gasteiger partial charge in [0.05, 0.1) is 6.54 Å². The zero-order valence-corrected chi connectivity index (χ0v) is 9.82. The van der Waals surface area contributed by atoms with Crippen LogP contribution < -0.4 is 10.1 Å². The van der Waals surface area contributed by atoms with Gasteiger partial charge in [0.2, 0.25) is 0 Å². The van der Waals surface area contributed by atoms with Gasteiger partial charge in [-0.2, -0.15) is 8.78 Å². The third-order valence-electron chi connectivity index (χ3n) is 2.32. The molecule has 0 saturated heterocycles. The van der Waals surface area contributed by atoms with E-state index in [9.17, 15) is 8.78 Å². The molecule has 1 N–H and O–H groups in total. The highest BCUT2D eigenvalue weighted by Gasteiger charge is 2.05. The van der Waals surface area contributed by atoms with Gasteiger partial charge in [0.15, 0.2) is 0 Å². The lowest BCUT2D eigenvalue weighted by Crippen LogP contribution is -2.03. The molecule has 1 aromatic carbocycles. The number of halogens is 2. The molecule has 3 nitrogen and oxygen atoms in total. The van der Waals surface area contributed by atoms with Crippen molar-refractivity contribution in [1.29, 1.82) is 0 Å². The molecule has 0 spiro atoms. The molecule has 96 valence electrons. The quantitative estimate of drug-likeness (QED) is 0.880. The minimum absolute atomic E-state index is 0.130. The molecule has 18 heavy (non-hydrogen) atoms. The van der Waals surface area contributed by atoms with Crippen molar-refractivity contribution in [3.05, 3.63) is 47.9 Å². The summed E-state index contributed by atoms with van der Waals surface area (Å²) in [6.07, 6.45) is 0. The van der Waals surface area contributed by atoms with Gasteiger partial charge in [-0.05, 0) is 31.2 Å². The van der Waals surface area contributed by atoms with Crippen molar-refractivity contribution in [1.82, 2.24) is 0 Å². The molecular formula is C13H13F2NO2. The van der Waals surface area contributed by atoms with E-state index in [1.54, 1.807) is 12.1 Å². The van der Waals surface area contributed by atoms with Crippen LogP contribution in [0, 0.1) is 6.92 Å². The first-order chi connectivity index (χ1) is 8.63. The van der Waals surface area contributed by atoms with Crippen LogP contribution >= 0.6 is 0 Å². The molecule has 1 heterocycles. The Hall–Kier alpha value is -2.04. The Morgan fingerprint density at radius 2 is 2.11 bits per heavy atom. The van der Waals surface area contributed by atoms with E-state index in [4.69, 9.17) is 4.42 Å². The Kier molecular flexibility index (Phi) is 3.82. The van der Waals surface area contributed by atoms with Crippen LogP contribution in [-0.2, 0) is 6.54 Å². The summed E-state index contributed by atoms with van der Waals surface area (Å²) in [5, 5.41) is 3.07. The summed E-state index contributed by atoms with van der Waals surface area (Å²) in [7, 11) is 0. The van der Waals surface area contributed by atoms with Crippen molar-refractivity contribution >= 4 is 5.69 Å². The van der Waals surface area contributed by atoms with Crippen LogP contribution in [0.25, 0.3) is 0 Å². The minimum atomic E-state index is -2.81. The van der Waals surface area contributed by atoms with Crippen molar-refractivity contribution in [2.75, 3.05) is 5.32 Å². The second-order valence-corrected chi connectivity index (χ2v) is 3.77. The Bertz CT molecular complexity index is 511. The van der Waals surface area contributed by atoms with Gasteiger partial charge in [-0.1, -0.05) is 6.07 Å². The fourth-order valence-electron chi connectivity index (χ4n) is 1.55. The number of hydrogen-bond donors (Lipinski definition) is 1. The van der Waals surface area contributed by atoms with Gasteiger partial charge < -0.3 is 14.5 Å². The number of rotatable bonds is 5. The second kappa shape index (κ2) is 5.53. The Morgan fingerprint density at radius 3 is 2.78 bits per heavy atom. The Labute approximate surface area is 103 Å². The van der Waals surface area contributed by atoms with Crippen LogP contribution in [0.4, 0.5) is 14.5 Å². The smallest absolute Gasteiger partial charge is 0.387 e. The SMILES string of the molecule is Cc1ccc(CNc2cccc(OC(F)F)c2)o1. The molecule has 0 radical (unpaired) electrons. The van der Waals surface area contributed by atoms with Crippen LogP contribution in [-0.4, -0.2) is 6.61 Å². The van der Waals surface area contributed by atoms with Crippen molar-refractivity contribution in [3.63, 3.8) is 0 Å². The molecule has 0 bridgehead atoms. The maximum absolute atomic E-state index is 12.0. The van der Waals surface area contributed by atoms with E-state index < -0.39 is 6.61 Å². The summed E-state index contributed by atoms with van der Waals surface area (Å²) in [5.41, 5.74) is 0.696. The average molecular weight is 253 g/mol. The van der Waals surface area contributed by atoms with E-state index in [2.05, 4.69) is 10.1 Å². The van der Waals surface area contributed by atoms with E-state index in [-0.39, 0.29) is 5.75 Å². The molecule has 0 amide bonds. The number of aryl methyl sites for hydroxylation is 1. The van der Waals surface area contributed by atoms with Gasteiger partial charge in [0.1, 0.15) is 17.3 Å². The van der Waals surface area contributed by atoms with Crippen molar-refractivity contribution in [2.24, 2.45) is 0 Å². The number of ether oxygens (including phenoxy) is 1. The summed E-state index contributed by atoms with van der Waals surface area (Å²) in [4.78, 5) is 0. The van der Waals surface area contributed by atoms with E-state index in [1.807, 2.05) is 19.1 Å². The summed E-state index contributed by atoms with van der Waals surface area (Å²) in [6.45, 7) is -0.458. The number of benzene rings is 1. The minimum Gasteiger partial charge on any atom is -0.465 e. The van der Waals surface area contributed by atoms with E-state index in [0.29, 0.717) is 12.2 Å². The van der Waals surface area contributed by atoms with Gasteiger partial charge in [-0.25, -0.2) is 0 Å². The summed E-state index contributed by atoms with van der Waals surface area (Å²) in [6, 6.07) is 10.1. The third kappa shape index (κ3) is 3.48. The molecule has 1 aromatic heterocycles. The fourth-order valence-corrected chi connectivity index (χ4v) is 1.55. The van der Waals surface area contributed by atoms with Gasteiger partial charge >= 0.3 is 6.61 Å². The maximum atomic E-state index is 12.0. The number of nitrogens with one attached hydrogen (secondary N) is 1. The largest absolute Gasteiger partial charge is 0.465 e. The predicted octanol–water partition coefficient (Wildman–Crippen LogP) is 3.80. The van der Waals surface area contributed by atoms with Crippen LogP contribution in [0.1, 0.15) is 11.5 Å². The van der Waals surface area contributed by atoms with Crippen molar-refractivity contribution in [2.45, 2.75) is 20.1 Å². The molecule has 0 aliphatic carbocycles. The van der Waals surface area contributed by atoms with Crippen LogP contribution in [0.2, 0.25) is 0 Å². The zero-order valence-electron chi connectivity index (χ0n) is 9.82. The van der Waals surface area contributed by atoms with Gasteiger partial charge in [-0.15, -0.1) is 0 Å². The Morgan fingerprint density at radius 1 is 1.28 bits per heavy atom. The molecule has 2 rings (SSSR count). The first kappa shape index (κ1) is 12.4. The number of furan rings is 1. The molecule has 2 aromatic rings. The molecule has 5 heteroatoms. The summed E-state index contributed by atoms with van der Waals surface area (Å²) >= 11 is 0. The molecule has 0 fully saturated rings. The highest BCUT2D eigenvalue weighted by Crippen LogP contribution is 2.20. The highest BCUT2D eigenvalue weighted by atomic mass is 19.3. The molecule has 0 unspecified atom stereocenters. The molecule has 0 aliphatic heterocycles. The number of anilines is 1.